The molecule has 0 fully saturated rings. The number of rotatable bonds is 5. The van der Waals surface area contributed by atoms with Gasteiger partial charge in [0.05, 0.1) is 10.3 Å². The van der Waals surface area contributed by atoms with Gasteiger partial charge in [-0.1, -0.05) is 13.8 Å². The number of hydrogen-bond donors (Lipinski definition) is 2. The van der Waals surface area contributed by atoms with Crippen LogP contribution in [-0.4, -0.2) is 32.0 Å². The molecule has 2 aromatic heterocycles. The van der Waals surface area contributed by atoms with E-state index < -0.39 is 16.9 Å². The molecular weight excluding hydrogens is 284 g/mol. The Hall–Kier alpha value is -2.29. The zero-order valence-corrected chi connectivity index (χ0v) is 11.5. The van der Waals surface area contributed by atoms with E-state index in [1.807, 2.05) is 0 Å². The number of fused-ring (bicyclic) bond motifs is 1. The van der Waals surface area contributed by atoms with Gasteiger partial charge in [-0.25, -0.2) is 14.8 Å². The Labute approximate surface area is 117 Å². The number of aliphatic carboxylic acids is 1. The Morgan fingerprint density at radius 2 is 2.20 bits per heavy atom. The van der Waals surface area contributed by atoms with Gasteiger partial charge in [0, 0.05) is 6.07 Å². The number of aromatic nitrogens is 2. The molecule has 8 nitrogen and oxygen atoms in total. The third kappa shape index (κ3) is 2.67. The van der Waals surface area contributed by atoms with Gasteiger partial charge < -0.3 is 10.4 Å². The summed E-state index contributed by atoms with van der Waals surface area (Å²) in [4.78, 5) is 29.8. The average molecular weight is 296 g/mol. The second-order valence-corrected chi connectivity index (χ2v) is 5.50. The number of carboxylic acid groups (broad SMARTS) is 1. The molecule has 0 bridgehead atoms. The molecular formula is C11H12N4O4S. The van der Waals surface area contributed by atoms with Crippen LogP contribution in [0.15, 0.2) is 12.4 Å². The summed E-state index contributed by atoms with van der Waals surface area (Å²) in [7, 11) is 0. The quantitative estimate of drug-likeness (QED) is 0.640. The monoisotopic (exact) mass is 296 g/mol. The first-order valence-electron chi connectivity index (χ1n) is 5.78. The van der Waals surface area contributed by atoms with E-state index in [1.165, 1.54) is 12.4 Å². The third-order valence-electron chi connectivity index (χ3n) is 2.72. The SMILES string of the molecule is CC(C)[C@@H](Nc1ncnc2sc([N+](=O)[O-])cc12)C(=O)O. The van der Waals surface area contributed by atoms with Crippen LogP contribution in [0.4, 0.5) is 10.8 Å². The predicted molar refractivity (Wildman–Crippen MR) is 74.0 cm³/mol. The number of anilines is 1. The van der Waals surface area contributed by atoms with Crippen molar-refractivity contribution in [2.24, 2.45) is 5.92 Å². The predicted octanol–water partition coefficient (Wildman–Crippen LogP) is 2.12. The van der Waals surface area contributed by atoms with Crippen LogP contribution in [0.2, 0.25) is 0 Å². The van der Waals surface area contributed by atoms with E-state index in [0.29, 0.717) is 16.0 Å². The highest BCUT2D eigenvalue weighted by atomic mass is 32.1. The molecule has 0 spiro atoms. The van der Waals surface area contributed by atoms with Crippen molar-refractivity contribution >= 4 is 38.3 Å². The second kappa shape index (κ2) is 5.37. The number of carboxylic acids is 1. The Morgan fingerprint density at radius 3 is 2.75 bits per heavy atom. The zero-order chi connectivity index (χ0) is 14.9. The summed E-state index contributed by atoms with van der Waals surface area (Å²) in [6, 6.07) is 0.522. The lowest BCUT2D eigenvalue weighted by molar-refractivity contribution is -0.380. The molecule has 0 amide bonds. The molecule has 2 heterocycles. The van der Waals surface area contributed by atoms with E-state index in [4.69, 9.17) is 5.11 Å². The molecule has 106 valence electrons. The van der Waals surface area contributed by atoms with E-state index >= 15 is 0 Å². The van der Waals surface area contributed by atoms with Gasteiger partial charge in [0.2, 0.25) is 0 Å². The van der Waals surface area contributed by atoms with Gasteiger partial charge in [0.25, 0.3) is 0 Å². The zero-order valence-electron chi connectivity index (χ0n) is 10.7. The maximum Gasteiger partial charge on any atom is 0.326 e. The van der Waals surface area contributed by atoms with Crippen LogP contribution < -0.4 is 5.32 Å². The van der Waals surface area contributed by atoms with Crippen LogP contribution in [0.5, 0.6) is 0 Å². The number of carbonyl (C=O) groups is 1. The molecule has 0 aromatic carbocycles. The first-order valence-corrected chi connectivity index (χ1v) is 6.60. The van der Waals surface area contributed by atoms with E-state index in [1.54, 1.807) is 13.8 Å². The highest BCUT2D eigenvalue weighted by molar-refractivity contribution is 7.21. The number of hydrogen-bond acceptors (Lipinski definition) is 7. The van der Waals surface area contributed by atoms with Crippen molar-refractivity contribution in [1.82, 2.24) is 9.97 Å². The van der Waals surface area contributed by atoms with Crippen molar-refractivity contribution in [2.45, 2.75) is 19.9 Å². The second-order valence-electron chi connectivity index (χ2n) is 4.49. The molecule has 2 rings (SSSR count). The Morgan fingerprint density at radius 1 is 1.50 bits per heavy atom. The van der Waals surface area contributed by atoms with Crippen LogP contribution in [0.25, 0.3) is 10.2 Å². The van der Waals surface area contributed by atoms with Gasteiger partial charge in [-0.3, -0.25) is 10.1 Å². The summed E-state index contributed by atoms with van der Waals surface area (Å²) in [6.07, 6.45) is 1.25. The summed E-state index contributed by atoms with van der Waals surface area (Å²) < 4.78 is 0. The van der Waals surface area contributed by atoms with Gasteiger partial charge in [-0.2, -0.15) is 0 Å². The fourth-order valence-corrected chi connectivity index (χ4v) is 2.52. The molecule has 9 heteroatoms. The minimum atomic E-state index is -1.00. The average Bonchev–Trinajstić information content (AvgIpc) is 2.79. The third-order valence-corrected chi connectivity index (χ3v) is 3.72. The van der Waals surface area contributed by atoms with E-state index in [2.05, 4.69) is 15.3 Å². The number of nitrogens with zero attached hydrogens (tertiary/aromatic N) is 3. The number of nitro groups is 1. The lowest BCUT2D eigenvalue weighted by Gasteiger charge is -2.18. The molecule has 20 heavy (non-hydrogen) atoms. The topological polar surface area (TPSA) is 118 Å². The summed E-state index contributed by atoms with van der Waals surface area (Å²) in [6.45, 7) is 3.53. The van der Waals surface area contributed by atoms with Crippen LogP contribution in [0, 0.1) is 16.0 Å². The summed E-state index contributed by atoms with van der Waals surface area (Å²) in [5.41, 5.74) is 0. The van der Waals surface area contributed by atoms with Crippen LogP contribution >= 0.6 is 11.3 Å². The summed E-state index contributed by atoms with van der Waals surface area (Å²) in [5.74, 6) is -0.872. The smallest absolute Gasteiger partial charge is 0.326 e. The molecule has 0 aliphatic heterocycles. The molecule has 0 saturated carbocycles. The van der Waals surface area contributed by atoms with Crippen molar-refractivity contribution in [3.8, 4) is 0 Å². The molecule has 2 aromatic rings. The lowest BCUT2D eigenvalue weighted by Crippen LogP contribution is -2.34. The van der Waals surface area contributed by atoms with Gasteiger partial charge in [-0.15, -0.1) is 0 Å². The van der Waals surface area contributed by atoms with E-state index in [-0.39, 0.29) is 10.9 Å². The number of nitrogens with one attached hydrogen (secondary N) is 1. The lowest BCUT2D eigenvalue weighted by atomic mass is 10.0. The van der Waals surface area contributed by atoms with Crippen LogP contribution in [0.3, 0.4) is 0 Å². The molecule has 2 N–H and O–H groups in total. The minimum absolute atomic E-state index is 0.0556. The van der Waals surface area contributed by atoms with Gasteiger partial charge in [0.1, 0.15) is 23.0 Å². The highest BCUT2D eigenvalue weighted by Crippen LogP contribution is 2.33. The Kier molecular flexibility index (Phi) is 3.79. The van der Waals surface area contributed by atoms with Crippen molar-refractivity contribution < 1.29 is 14.8 Å². The van der Waals surface area contributed by atoms with Crippen molar-refractivity contribution in [2.75, 3.05) is 5.32 Å². The van der Waals surface area contributed by atoms with Crippen LogP contribution in [0.1, 0.15) is 13.8 Å². The van der Waals surface area contributed by atoms with Crippen molar-refractivity contribution in [3.63, 3.8) is 0 Å². The fourth-order valence-electron chi connectivity index (χ4n) is 1.71. The molecule has 0 unspecified atom stereocenters. The molecule has 0 radical (unpaired) electrons. The maximum absolute atomic E-state index is 11.2. The van der Waals surface area contributed by atoms with Gasteiger partial charge >= 0.3 is 11.0 Å². The first kappa shape index (κ1) is 14.1. The van der Waals surface area contributed by atoms with Crippen LogP contribution in [-0.2, 0) is 4.79 Å². The summed E-state index contributed by atoms with van der Waals surface area (Å²) in [5, 5.41) is 23.1. The van der Waals surface area contributed by atoms with Gasteiger partial charge in [0.15, 0.2) is 0 Å². The van der Waals surface area contributed by atoms with E-state index in [0.717, 1.165) is 11.3 Å². The fraction of sp³-hybridized carbons (Fsp3) is 0.364. The standard InChI is InChI=1S/C11H12N4O4S/c1-5(2)8(11(16)17)14-9-6-3-7(15(18)19)20-10(6)13-4-12-9/h3-5,8H,1-2H3,(H,16,17)(H,12,13,14)/t8-/m1/s1. The molecule has 1 atom stereocenters. The van der Waals surface area contributed by atoms with E-state index in [9.17, 15) is 14.9 Å². The largest absolute Gasteiger partial charge is 0.480 e. The minimum Gasteiger partial charge on any atom is -0.480 e. The van der Waals surface area contributed by atoms with Crippen molar-refractivity contribution in [3.05, 3.63) is 22.5 Å². The van der Waals surface area contributed by atoms with Crippen molar-refractivity contribution in [1.29, 1.82) is 0 Å². The molecule has 0 aliphatic rings. The first-order chi connectivity index (χ1) is 9.40. The summed E-state index contributed by atoms with van der Waals surface area (Å²) >= 11 is 0.926. The van der Waals surface area contributed by atoms with Gasteiger partial charge in [-0.05, 0) is 17.3 Å². The normalized spacial score (nSPS) is 12.6. The Balaban J connectivity index is 2.43. The highest BCUT2D eigenvalue weighted by Gasteiger charge is 2.24. The molecule has 0 aliphatic carbocycles. The number of thiophene rings is 1. The Bertz CT molecular complexity index is 669. The maximum atomic E-state index is 11.2. The molecule has 0 saturated heterocycles.